The predicted molar refractivity (Wildman–Crippen MR) is 95.0 cm³/mol. The number of hydrogen-bond donors (Lipinski definition) is 1. The monoisotopic (exact) mass is 310 g/mol. The highest BCUT2D eigenvalue weighted by Crippen LogP contribution is 2.15. The molecule has 0 atom stereocenters. The smallest absolute Gasteiger partial charge is 0.0361 e. The standard InChI is InChI=1S/C16H18N2.2ClH/c1-18(2)16-11-7-14(8-12-16)4-3-13-5-9-15(17)10-6-13;;/h3-12H,17H2,1-2H3;2*1H. The molecule has 0 heterocycles. The first-order valence-electron chi connectivity index (χ1n) is 5.96. The summed E-state index contributed by atoms with van der Waals surface area (Å²) < 4.78 is 0. The first-order valence-corrected chi connectivity index (χ1v) is 5.96. The van der Waals surface area contributed by atoms with Crippen LogP contribution in [-0.2, 0) is 0 Å². The second-order valence-corrected chi connectivity index (χ2v) is 4.49. The molecule has 0 bridgehead atoms. The van der Waals surface area contributed by atoms with E-state index in [0.717, 1.165) is 11.3 Å². The molecule has 2 rings (SSSR count). The van der Waals surface area contributed by atoms with Crippen LogP contribution in [0, 0.1) is 0 Å². The van der Waals surface area contributed by atoms with E-state index >= 15 is 0 Å². The summed E-state index contributed by atoms with van der Waals surface area (Å²) in [7, 11) is 4.08. The lowest BCUT2D eigenvalue weighted by molar-refractivity contribution is 1.13. The third-order valence-electron chi connectivity index (χ3n) is 2.81. The number of rotatable bonds is 3. The molecule has 0 saturated carbocycles. The van der Waals surface area contributed by atoms with Gasteiger partial charge in [-0.1, -0.05) is 36.4 Å². The molecular formula is C16H20Cl2N2. The zero-order chi connectivity index (χ0) is 13.0. The van der Waals surface area contributed by atoms with Crippen LogP contribution in [0.5, 0.6) is 0 Å². The van der Waals surface area contributed by atoms with Gasteiger partial charge in [0.1, 0.15) is 0 Å². The quantitative estimate of drug-likeness (QED) is 0.674. The molecule has 0 radical (unpaired) electrons. The fourth-order valence-corrected chi connectivity index (χ4v) is 1.68. The molecule has 4 heteroatoms. The van der Waals surface area contributed by atoms with Gasteiger partial charge in [-0.15, -0.1) is 24.8 Å². The van der Waals surface area contributed by atoms with Crippen molar-refractivity contribution in [2.45, 2.75) is 0 Å². The van der Waals surface area contributed by atoms with E-state index in [9.17, 15) is 0 Å². The van der Waals surface area contributed by atoms with E-state index < -0.39 is 0 Å². The van der Waals surface area contributed by atoms with Gasteiger partial charge in [-0.2, -0.15) is 0 Å². The van der Waals surface area contributed by atoms with Gasteiger partial charge in [-0.05, 0) is 35.4 Å². The summed E-state index contributed by atoms with van der Waals surface area (Å²) in [6, 6.07) is 16.3. The van der Waals surface area contributed by atoms with Crippen molar-refractivity contribution in [3.63, 3.8) is 0 Å². The Balaban J connectivity index is 0.00000180. The maximum absolute atomic E-state index is 5.65. The van der Waals surface area contributed by atoms with Gasteiger partial charge in [0.2, 0.25) is 0 Å². The van der Waals surface area contributed by atoms with Gasteiger partial charge in [0, 0.05) is 25.5 Å². The molecular weight excluding hydrogens is 291 g/mol. The number of nitrogens with two attached hydrogens (primary N) is 1. The van der Waals surface area contributed by atoms with E-state index in [2.05, 4.69) is 41.3 Å². The minimum Gasteiger partial charge on any atom is -0.399 e. The van der Waals surface area contributed by atoms with E-state index in [1.54, 1.807) is 0 Å². The van der Waals surface area contributed by atoms with Gasteiger partial charge in [0.25, 0.3) is 0 Å². The van der Waals surface area contributed by atoms with Gasteiger partial charge in [-0.25, -0.2) is 0 Å². The van der Waals surface area contributed by atoms with Gasteiger partial charge in [0.15, 0.2) is 0 Å². The Kier molecular flexibility index (Phi) is 7.82. The molecule has 0 aliphatic carbocycles. The van der Waals surface area contributed by atoms with Gasteiger partial charge >= 0.3 is 0 Å². The minimum atomic E-state index is 0. The molecule has 0 aliphatic heterocycles. The van der Waals surface area contributed by atoms with Crippen LogP contribution in [0.2, 0.25) is 0 Å². The molecule has 0 unspecified atom stereocenters. The lowest BCUT2D eigenvalue weighted by Crippen LogP contribution is -2.07. The largest absolute Gasteiger partial charge is 0.399 e. The van der Waals surface area contributed by atoms with Crippen LogP contribution in [0.3, 0.4) is 0 Å². The second-order valence-electron chi connectivity index (χ2n) is 4.49. The summed E-state index contributed by atoms with van der Waals surface area (Å²) >= 11 is 0. The zero-order valence-electron chi connectivity index (χ0n) is 11.6. The van der Waals surface area contributed by atoms with E-state index in [1.165, 1.54) is 11.3 Å². The molecule has 2 aromatic rings. The molecule has 0 spiro atoms. The van der Waals surface area contributed by atoms with Crippen molar-refractivity contribution < 1.29 is 0 Å². The van der Waals surface area contributed by atoms with Crippen LogP contribution in [0.1, 0.15) is 11.1 Å². The average molecular weight is 311 g/mol. The van der Waals surface area contributed by atoms with E-state index in [-0.39, 0.29) is 24.8 Å². The van der Waals surface area contributed by atoms with Crippen LogP contribution >= 0.6 is 24.8 Å². The molecule has 2 aromatic carbocycles. The van der Waals surface area contributed by atoms with E-state index in [0.29, 0.717) is 0 Å². The molecule has 0 amide bonds. The Morgan fingerprint density at radius 1 is 0.750 bits per heavy atom. The zero-order valence-corrected chi connectivity index (χ0v) is 13.2. The van der Waals surface area contributed by atoms with E-state index in [4.69, 9.17) is 5.73 Å². The van der Waals surface area contributed by atoms with Crippen molar-refractivity contribution in [3.05, 3.63) is 59.7 Å². The van der Waals surface area contributed by atoms with E-state index in [1.807, 2.05) is 38.4 Å². The fraction of sp³-hybridized carbons (Fsp3) is 0.125. The van der Waals surface area contributed by atoms with Gasteiger partial charge in [-0.3, -0.25) is 0 Å². The summed E-state index contributed by atoms with van der Waals surface area (Å²) in [5, 5.41) is 0. The molecule has 2 N–H and O–H groups in total. The highest BCUT2D eigenvalue weighted by atomic mass is 35.5. The Morgan fingerprint density at radius 3 is 1.55 bits per heavy atom. The van der Waals surface area contributed by atoms with Crippen molar-refractivity contribution in [2.24, 2.45) is 0 Å². The lowest BCUT2D eigenvalue weighted by atomic mass is 10.1. The Hall–Kier alpha value is -1.64. The Bertz CT molecular complexity index is 531. The Labute approximate surface area is 133 Å². The fourth-order valence-electron chi connectivity index (χ4n) is 1.68. The minimum absolute atomic E-state index is 0. The van der Waals surface area contributed by atoms with Crippen molar-refractivity contribution in [1.29, 1.82) is 0 Å². The van der Waals surface area contributed by atoms with Crippen molar-refractivity contribution in [3.8, 4) is 0 Å². The maximum atomic E-state index is 5.65. The highest BCUT2D eigenvalue weighted by molar-refractivity contribution is 5.85. The van der Waals surface area contributed by atoms with Crippen molar-refractivity contribution >= 4 is 48.3 Å². The van der Waals surface area contributed by atoms with Crippen LogP contribution in [0.4, 0.5) is 11.4 Å². The summed E-state index contributed by atoms with van der Waals surface area (Å²) in [6.07, 6.45) is 4.19. The van der Waals surface area contributed by atoms with Crippen molar-refractivity contribution in [2.75, 3.05) is 24.7 Å². The van der Waals surface area contributed by atoms with Crippen LogP contribution in [0.15, 0.2) is 48.5 Å². The maximum Gasteiger partial charge on any atom is 0.0361 e. The normalized spacial score (nSPS) is 9.70. The molecule has 20 heavy (non-hydrogen) atoms. The van der Waals surface area contributed by atoms with Crippen LogP contribution in [-0.4, -0.2) is 14.1 Å². The average Bonchev–Trinajstić information content (AvgIpc) is 2.38. The number of halogens is 2. The number of anilines is 2. The third kappa shape index (κ3) is 5.16. The second kappa shape index (κ2) is 8.51. The SMILES string of the molecule is CN(C)c1ccc(C=Cc2ccc(N)cc2)cc1.Cl.Cl. The Morgan fingerprint density at radius 2 is 1.15 bits per heavy atom. The summed E-state index contributed by atoms with van der Waals surface area (Å²) in [4.78, 5) is 2.09. The summed E-state index contributed by atoms with van der Waals surface area (Å²) in [5.41, 5.74) is 10.00. The topological polar surface area (TPSA) is 29.3 Å². The predicted octanol–water partition coefficient (Wildman–Crippen LogP) is 4.35. The first kappa shape index (κ1) is 18.4. The van der Waals surface area contributed by atoms with Crippen LogP contribution < -0.4 is 10.6 Å². The molecule has 108 valence electrons. The molecule has 0 fully saturated rings. The summed E-state index contributed by atoms with van der Waals surface area (Å²) in [6.45, 7) is 0. The molecule has 0 saturated heterocycles. The number of benzene rings is 2. The number of nitrogen functional groups attached to an aromatic ring is 1. The number of nitrogens with zero attached hydrogens (tertiary/aromatic N) is 1. The summed E-state index contributed by atoms with van der Waals surface area (Å²) in [5.74, 6) is 0. The highest BCUT2D eigenvalue weighted by Gasteiger charge is 1.93. The van der Waals surface area contributed by atoms with Crippen LogP contribution in [0.25, 0.3) is 12.2 Å². The van der Waals surface area contributed by atoms with Gasteiger partial charge in [0.05, 0.1) is 0 Å². The van der Waals surface area contributed by atoms with Gasteiger partial charge < -0.3 is 10.6 Å². The third-order valence-corrected chi connectivity index (χ3v) is 2.81. The molecule has 0 aromatic heterocycles. The lowest BCUT2D eigenvalue weighted by Gasteiger charge is -2.11. The molecule has 2 nitrogen and oxygen atoms in total. The number of hydrogen-bond acceptors (Lipinski definition) is 2. The van der Waals surface area contributed by atoms with Crippen molar-refractivity contribution in [1.82, 2.24) is 0 Å². The molecule has 0 aliphatic rings. The first-order chi connectivity index (χ1) is 8.65.